The Morgan fingerprint density at radius 3 is 2.44 bits per heavy atom. The maximum atomic E-state index is 12.6. The first kappa shape index (κ1) is 25.4. The number of fused-ring (bicyclic) bond motifs is 1. The summed E-state index contributed by atoms with van der Waals surface area (Å²) in [5.74, 6) is 0.137. The third-order valence-corrected chi connectivity index (χ3v) is 6.98. The molecule has 184 valence electrons. The van der Waals surface area contributed by atoms with Gasteiger partial charge in [0.2, 0.25) is 0 Å². The second-order valence-corrected chi connectivity index (χ2v) is 9.46. The summed E-state index contributed by atoms with van der Waals surface area (Å²) in [4.78, 5) is 24.9. The lowest BCUT2D eigenvalue weighted by Gasteiger charge is -2.06. The standard InChI is InChI=1S/C28H25ClN2O4S/c1-2-3-6-19-9-13-21(14-10-19)34-18-25(32)31-30-17-20-11-15-22(16-12-20)35-28(33)27-26(29)23-7-4-5-8-24(23)36-27/h4-5,7-17H,2-3,6,18H2,1H3,(H,31,32)/b30-17-. The molecule has 0 aliphatic rings. The van der Waals surface area contributed by atoms with E-state index in [4.69, 9.17) is 21.1 Å². The van der Waals surface area contributed by atoms with E-state index in [0.29, 0.717) is 21.4 Å². The number of aryl methyl sites for hydroxylation is 1. The Kier molecular flexibility index (Phi) is 8.71. The average Bonchev–Trinajstić information content (AvgIpc) is 3.24. The molecule has 6 nitrogen and oxygen atoms in total. The highest BCUT2D eigenvalue weighted by molar-refractivity contribution is 7.21. The summed E-state index contributed by atoms with van der Waals surface area (Å²) in [5.41, 5.74) is 4.41. The number of amides is 1. The van der Waals surface area contributed by atoms with E-state index in [2.05, 4.69) is 17.5 Å². The molecule has 0 aliphatic heterocycles. The third-order valence-electron chi connectivity index (χ3n) is 5.33. The lowest BCUT2D eigenvalue weighted by molar-refractivity contribution is -0.123. The van der Waals surface area contributed by atoms with E-state index in [1.165, 1.54) is 23.1 Å². The first-order chi connectivity index (χ1) is 17.5. The number of thiophene rings is 1. The molecule has 1 amide bonds. The number of esters is 1. The Morgan fingerprint density at radius 2 is 1.72 bits per heavy atom. The molecule has 1 aromatic heterocycles. The Morgan fingerprint density at radius 1 is 1.00 bits per heavy atom. The SMILES string of the molecule is CCCCc1ccc(OCC(=O)N/N=C\c2ccc(OC(=O)c3sc4ccccc4c3Cl)cc2)cc1. The maximum absolute atomic E-state index is 12.6. The third kappa shape index (κ3) is 6.71. The fourth-order valence-corrected chi connectivity index (χ4v) is 4.80. The van der Waals surface area contributed by atoms with Crippen LogP contribution in [0.2, 0.25) is 5.02 Å². The molecule has 0 aliphatic carbocycles. The number of halogens is 1. The van der Waals surface area contributed by atoms with E-state index < -0.39 is 5.97 Å². The molecule has 1 N–H and O–H groups in total. The summed E-state index contributed by atoms with van der Waals surface area (Å²) in [6.07, 6.45) is 4.83. The van der Waals surface area contributed by atoms with Crippen molar-refractivity contribution in [2.75, 3.05) is 6.61 Å². The van der Waals surface area contributed by atoms with E-state index >= 15 is 0 Å². The molecule has 4 rings (SSSR count). The monoisotopic (exact) mass is 520 g/mol. The summed E-state index contributed by atoms with van der Waals surface area (Å²) in [6.45, 7) is 2.02. The fraction of sp³-hybridized carbons (Fsp3) is 0.179. The van der Waals surface area contributed by atoms with Gasteiger partial charge in [-0.2, -0.15) is 5.10 Å². The molecule has 0 fully saturated rings. The summed E-state index contributed by atoms with van der Waals surface area (Å²) in [5, 5.41) is 5.17. The van der Waals surface area contributed by atoms with Crippen LogP contribution in [0.3, 0.4) is 0 Å². The highest BCUT2D eigenvalue weighted by atomic mass is 35.5. The number of hydrogen-bond acceptors (Lipinski definition) is 6. The van der Waals surface area contributed by atoms with Crippen LogP contribution in [0.15, 0.2) is 77.9 Å². The van der Waals surface area contributed by atoms with E-state index in [0.717, 1.165) is 34.9 Å². The van der Waals surface area contributed by atoms with Gasteiger partial charge in [0.1, 0.15) is 16.4 Å². The molecule has 8 heteroatoms. The molecule has 0 spiro atoms. The number of ether oxygens (including phenoxy) is 2. The van der Waals surface area contributed by atoms with Crippen LogP contribution >= 0.6 is 22.9 Å². The molecule has 0 saturated heterocycles. The molecule has 0 saturated carbocycles. The summed E-state index contributed by atoms with van der Waals surface area (Å²) < 4.78 is 11.9. The van der Waals surface area contributed by atoms with Gasteiger partial charge in [-0.15, -0.1) is 11.3 Å². The fourth-order valence-electron chi connectivity index (χ4n) is 3.41. The van der Waals surface area contributed by atoms with E-state index in [9.17, 15) is 9.59 Å². The van der Waals surface area contributed by atoms with Gasteiger partial charge in [0.25, 0.3) is 5.91 Å². The van der Waals surface area contributed by atoms with Crippen molar-refractivity contribution in [2.24, 2.45) is 5.10 Å². The molecule has 0 bridgehead atoms. The molecular formula is C28H25ClN2O4S. The molecule has 4 aromatic rings. The number of benzene rings is 3. The van der Waals surface area contributed by atoms with Crippen molar-refractivity contribution >= 4 is 51.1 Å². The largest absolute Gasteiger partial charge is 0.484 e. The van der Waals surface area contributed by atoms with Crippen LogP contribution in [-0.4, -0.2) is 24.7 Å². The zero-order valence-corrected chi connectivity index (χ0v) is 21.3. The predicted molar refractivity (Wildman–Crippen MR) is 145 cm³/mol. The van der Waals surface area contributed by atoms with E-state index in [-0.39, 0.29) is 12.5 Å². The molecule has 3 aromatic carbocycles. The van der Waals surface area contributed by atoms with Crippen molar-refractivity contribution in [1.29, 1.82) is 0 Å². The highest BCUT2D eigenvalue weighted by Crippen LogP contribution is 2.35. The van der Waals surface area contributed by atoms with Crippen molar-refractivity contribution in [1.82, 2.24) is 5.43 Å². The van der Waals surface area contributed by atoms with Gasteiger partial charge in [-0.1, -0.05) is 55.3 Å². The highest BCUT2D eigenvalue weighted by Gasteiger charge is 2.18. The van der Waals surface area contributed by atoms with Gasteiger partial charge in [0.15, 0.2) is 6.61 Å². The van der Waals surface area contributed by atoms with Crippen LogP contribution in [0.4, 0.5) is 0 Å². The molecule has 0 radical (unpaired) electrons. The molecular weight excluding hydrogens is 496 g/mol. The second-order valence-electron chi connectivity index (χ2n) is 8.03. The number of unbranched alkanes of at least 4 members (excludes halogenated alkanes) is 1. The van der Waals surface area contributed by atoms with Crippen LogP contribution in [0.5, 0.6) is 11.5 Å². The summed E-state index contributed by atoms with van der Waals surface area (Å²) in [7, 11) is 0. The summed E-state index contributed by atoms with van der Waals surface area (Å²) >= 11 is 7.65. The average molecular weight is 521 g/mol. The van der Waals surface area contributed by atoms with Gasteiger partial charge >= 0.3 is 5.97 Å². The van der Waals surface area contributed by atoms with Crippen molar-refractivity contribution in [3.05, 3.63) is 93.8 Å². The first-order valence-corrected chi connectivity index (χ1v) is 12.8. The number of hydrazone groups is 1. The first-order valence-electron chi connectivity index (χ1n) is 11.6. The van der Waals surface area contributed by atoms with Crippen molar-refractivity contribution in [2.45, 2.75) is 26.2 Å². The minimum absolute atomic E-state index is 0.138. The van der Waals surface area contributed by atoms with Crippen LogP contribution in [0.1, 0.15) is 40.6 Å². The van der Waals surface area contributed by atoms with E-state index in [1.807, 2.05) is 48.5 Å². The lowest BCUT2D eigenvalue weighted by atomic mass is 10.1. The van der Waals surface area contributed by atoms with Crippen LogP contribution in [0, 0.1) is 0 Å². The number of carbonyl (C=O) groups excluding carboxylic acids is 2. The Bertz CT molecular complexity index is 1360. The predicted octanol–water partition coefficient (Wildman–Crippen LogP) is 6.65. The normalized spacial score (nSPS) is 11.1. The quantitative estimate of drug-likeness (QED) is 0.110. The molecule has 36 heavy (non-hydrogen) atoms. The van der Waals surface area contributed by atoms with E-state index in [1.54, 1.807) is 24.3 Å². The minimum atomic E-state index is -0.509. The number of nitrogens with zero attached hydrogens (tertiary/aromatic N) is 1. The summed E-state index contributed by atoms with van der Waals surface area (Å²) in [6, 6.07) is 22.1. The number of hydrogen-bond donors (Lipinski definition) is 1. The minimum Gasteiger partial charge on any atom is -0.484 e. The van der Waals surface area contributed by atoms with Gasteiger partial charge in [0, 0.05) is 10.1 Å². The van der Waals surface area contributed by atoms with Crippen molar-refractivity contribution < 1.29 is 19.1 Å². The topological polar surface area (TPSA) is 77.0 Å². The van der Waals surface area contributed by atoms with Crippen molar-refractivity contribution in [3.63, 3.8) is 0 Å². The maximum Gasteiger partial charge on any atom is 0.355 e. The van der Waals surface area contributed by atoms with Crippen molar-refractivity contribution in [3.8, 4) is 11.5 Å². The van der Waals surface area contributed by atoms with Gasteiger partial charge in [-0.3, -0.25) is 4.79 Å². The molecule has 0 unspecified atom stereocenters. The Balaban J connectivity index is 1.24. The lowest BCUT2D eigenvalue weighted by Crippen LogP contribution is -2.24. The van der Waals surface area contributed by atoms with Gasteiger partial charge in [-0.25, -0.2) is 10.2 Å². The van der Waals surface area contributed by atoms with Gasteiger partial charge < -0.3 is 9.47 Å². The Labute approximate surface area is 218 Å². The second kappa shape index (κ2) is 12.3. The Hall–Kier alpha value is -3.68. The van der Waals surface area contributed by atoms with Crippen LogP contribution in [-0.2, 0) is 11.2 Å². The number of rotatable bonds is 10. The zero-order chi connectivity index (χ0) is 25.3. The zero-order valence-electron chi connectivity index (χ0n) is 19.7. The smallest absolute Gasteiger partial charge is 0.355 e. The number of nitrogens with one attached hydrogen (secondary N) is 1. The number of carbonyl (C=O) groups is 2. The van der Waals surface area contributed by atoms with Gasteiger partial charge in [0.05, 0.1) is 11.2 Å². The van der Waals surface area contributed by atoms with Gasteiger partial charge in [-0.05, 0) is 66.4 Å². The molecule has 0 atom stereocenters. The van der Waals surface area contributed by atoms with Crippen LogP contribution < -0.4 is 14.9 Å². The molecule has 1 heterocycles. The van der Waals surface area contributed by atoms with Crippen LogP contribution in [0.25, 0.3) is 10.1 Å².